The highest BCUT2D eigenvalue weighted by atomic mass is 19.4. The van der Waals surface area contributed by atoms with Gasteiger partial charge < -0.3 is 10.1 Å². The number of rotatable bonds is 5. The Hall–Kier alpha value is -2.46. The standard InChI is InChI=1S/C15H16F6N2O3/c1-8(2)6-22-13(25)23-12(24)7-26-11-4-9(14(16,17)18)3-10(5-11)15(19,20)21/h3-5,8H,6-7H2,1-2H3,(H2,22,23,24,25). The molecule has 146 valence electrons. The van der Waals surface area contributed by atoms with E-state index in [0.717, 1.165) is 0 Å². The van der Waals surface area contributed by atoms with Crippen molar-refractivity contribution in [2.75, 3.05) is 13.2 Å². The fourth-order valence-electron chi connectivity index (χ4n) is 1.66. The number of carbonyl (C=O) groups excluding carboxylic acids is 2. The van der Waals surface area contributed by atoms with Crippen molar-refractivity contribution in [2.45, 2.75) is 26.2 Å². The Bertz CT molecular complexity index is 624. The Morgan fingerprint density at radius 2 is 1.50 bits per heavy atom. The predicted molar refractivity (Wildman–Crippen MR) is 78.3 cm³/mol. The third kappa shape index (κ3) is 7.19. The van der Waals surface area contributed by atoms with Crippen LogP contribution < -0.4 is 15.4 Å². The van der Waals surface area contributed by atoms with E-state index in [0.29, 0.717) is 12.1 Å². The summed E-state index contributed by atoms with van der Waals surface area (Å²) >= 11 is 0. The molecule has 0 aliphatic heterocycles. The minimum absolute atomic E-state index is 0.0632. The fraction of sp³-hybridized carbons (Fsp3) is 0.467. The van der Waals surface area contributed by atoms with Crippen LogP contribution in [0.2, 0.25) is 0 Å². The first-order chi connectivity index (χ1) is 11.8. The summed E-state index contributed by atoms with van der Waals surface area (Å²) in [7, 11) is 0. The van der Waals surface area contributed by atoms with Crippen LogP contribution in [0.5, 0.6) is 5.75 Å². The number of halogens is 6. The number of ether oxygens (including phenoxy) is 1. The van der Waals surface area contributed by atoms with E-state index >= 15 is 0 Å². The molecule has 2 N–H and O–H groups in total. The number of hydrogen-bond donors (Lipinski definition) is 2. The van der Waals surface area contributed by atoms with Crippen LogP contribution in [-0.4, -0.2) is 25.1 Å². The van der Waals surface area contributed by atoms with Crippen LogP contribution in [0, 0.1) is 5.92 Å². The van der Waals surface area contributed by atoms with Gasteiger partial charge in [-0.15, -0.1) is 0 Å². The number of benzene rings is 1. The van der Waals surface area contributed by atoms with E-state index in [1.54, 1.807) is 13.8 Å². The van der Waals surface area contributed by atoms with Gasteiger partial charge in [0.15, 0.2) is 6.61 Å². The maximum Gasteiger partial charge on any atom is 0.416 e. The Kier molecular flexibility index (Phi) is 6.87. The summed E-state index contributed by atoms with van der Waals surface area (Å²) in [5.41, 5.74) is -3.14. The van der Waals surface area contributed by atoms with E-state index < -0.39 is 47.8 Å². The summed E-state index contributed by atoms with van der Waals surface area (Å²) in [6.45, 7) is 2.93. The van der Waals surface area contributed by atoms with Gasteiger partial charge in [-0.1, -0.05) is 13.8 Å². The summed E-state index contributed by atoms with van der Waals surface area (Å²) in [4.78, 5) is 22.8. The van der Waals surface area contributed by atoms with Gasteiger partial charge in [0.05, 0.1) is 11.1 Å². The molecule has 0 saturated heterocycles. The second-order valence-electron chi connectivity index (χ2n) is 5.68. The van der Waals surface area contributed by atoms with Gasteiger partial charge in [0.1, 0.15) is 5.75 Å². The van der Waals surface area contributed by atoms with Crippen LogP contribution in [0.25, 0.3) is 0 Å². The average molecular weight is 386 g/mol. The summed E-state index contributed by atoms with van der Waals surface area (Å²) in [5.74, 6) is -1.72. The molecule has 0 aliphatic rings. The fourth-order valence-corrected chi connectivity index (χ4v) is 1.66. The smallest absolute Gasteiger partial charge is 0.416 e. The highest BCUT2D eigenvalue weighted by Gasteiger charge is 2.37. The first kappa shape index (κ1) is 21.6. The summed E-state index contributed by atoms with van der Waals surface area (Å²) in [5, 5.41) is 4.18. The van der Waals surface area contributed by atoms with Crippen molar-refractivity contribution in [3.05, 3.63) is 29.3 Å². The number of urea groups is 1. The van der Waals surface area contributed by atoms with Crippen molar-refractivity contribution < 1.29 is 40.7 Å². The molecule has 0 saturated carbocycles. The quantitative estimate of drug-likeness (QED) is 0.761. The number of imide groups is 1. The minimum Gasteiger partial charge on any atom is -0.484 e. The second kappa shape index (κ2) is 8.28. The zero-order valence-electron chi connectivity index (χ0n) is 13.7. The number of nitrogens with one attached hydrogen (secondary N) is 2. The lowest BCUT2D eigenvalue weighted by Crippen LogP contribution is -2.42. The molecule has 5 nitrogen and oxygen atoms in total. The van der Waals surface area contributed by atoms with Gasteiger partial charge in [0, 0.05) is 6.54 Å². The molecule has 1 rings (SSSR count). The molecule has 0 spiro atoms. The lowest BCUT2D eigenvalue weighted by atomic mass is 10.1. The van der Waals surface area contributed by atoms with Gasteiger partial charge in [-0.3, -0.25) is 10.1 Å². The number of alkyl halides is 6. The maximum atomic E-state index is 12.7. The molecule has 1 aromatic carbocycles. The van der Waals surface area contributed by atoms with Gasteiger partial charge in [-0.05, 0) is 24.1 Å². The molecule has 0 heterocycles. The Balaban J connectivity index is 2.80. The Morgan fingerprint density at radius 3 is 1.92 bits per heavy atom. The van der Waals surface area contributed by atoms with E-state index in [-0.39, 0.29) is 18.5 Å². The second-order valence-corrected chi connectivity index (χ2v) is 5.68. The molecule has 0 atom stereocenters. The van der Waals surface area contributed by atoms with Gasteiger partial charge in [0.2, 0.25) is 0 Å². The monoisotopic (exact) mass is 386 g/mol. The van der Waals surface area contributed by atoms with E-state index in [1.165, 1.54) is 0 Å². The van der Waals surface area contributed by atoms with E-state index in [9.17, 15) is 35.9 Å². The van der Waals surface area contributed by atoms with Gasteiger partial charge >= 0.3 is 18.4 Å². The highest BCUT2D eigenvalue weighted by Crippen LogP contribution is 2.38. The molecular weight excluding hydrogens is 370 g/mol. The first-order valence-corrected chi connectivity index (χ1v) is 7.29. The zero-order valence-corrected chi connectivity index (χ0v) is 13.7. The van der Waals surface area contributed by atoms with Crippen molar-refractivity contribution in [3.8, 4) is 5.75 Å². The Labute approximate surface area is 144 Å². The molecule has 26 heavy (non-hydrogen) atoms. The van der Waals surface area contributed by atoms with Crippen LogP contribution in [0.3, 0.4) is 0 Å². The van der Waals surface area contributed by atoms with Crippen LogP contribution >= 0.6 is 0 Å². The molecule has 3 amide bonds. The van der Waals surface area contributed by atoms with Crippen LogP contribution in [-0.2, 0) is 17.1 Å². The molecule has 0 aliphatic carbocycles. The van der Waals surface area contributed by atoms with Gasteiger partial charge in [-0.2, -0.15) is 26.3 Å². The lowest BCUT2D eigenvalue weighted by molar-refractivity contribution is -0.143. The maximum absolute atomic E-state index is 12.7. The topological polar surface area (TPSA) is 67.4 Å². The van der Waals surface area contributed by atoms with Crippen LogP contribution in [0.15, 0.2) is 18.2 Å². The molecule has 0 radical (unpaired) electrons. The van der Waals surface area contributed by atoms with Gasteiger partial charge in [-0.25, -0.2) is 4.79 Å². The number of amides is 3. The number of carbonyl (C=O) groups is 2. The Morgan fingerprint density at radius 1 is 1.00 bits per heavy atom. The summed E-state index contributed by atoms with van der Waals surface area (Å²) in [6.07, 6.45) is -10.1. The molecular formula is C15H16F6N2O3. The molecule has 1 aromatic rings. The minimum atomic E-state index is -5.03. The molecule has 0 bridgehead atoms. The molecule has 0 unspecified atom stereocenters. The van der Waals surface area contributed by atoms with Crippen molar-refractivity contribution >= 4 is 11.9 Å². The largest absolute Gasteiger partial charge is 0.484 e. The van der Waals surface area contributed by atoms with E-state index in [2.05, 4.69) is 10.1 Å². The SMILES string of the molecule is CC(C)CNC(=O)NC(=O)COc1cc(C(F)(F)F)cc(C(F)(F)F)c1. The third-order valence-corrected chi connectivity index (χ3v) is 2.85. The molecule has 0 fully saturated rings. The first-order valence-electron chi connectivity index (χ1n) is 7.29. The average Bonchev–Trinajstić information content (AvgIpc) is 2.49. The highest BCUT2D eigenvalue weighted by molar-refractivity contribution is 5.94. The number of hydrogen-bond acceptors (Lipinski definition) is 3. The van der Waals surface area contributed by atoms with Crippen molar-refractivity contribution in [3.63, 3.8) is 0 Å². The zero-order chi connectivity index (χ0) is 20.1. The van der Waals surface area contributed by atoms with E-state index in [4.69, 9.17) is 0 Å². The lowest BCUT2D eigenvalue weighted by Gasteiger charge is -2.14. The van der Waals surface area contributed by atoms with Crippen LogP contribution in [0.4, 0.5) is 31.1 Å². The van der Waals surface area contributed by atoms with Gasteiger partial charge in [0.25, 0.3) is 5.91 Å². The third-order valence-electron chi connectivity index (χ3n) is 2.85. The van der Waals surface area contributed by atoms with Crippen molar-refractivity contribution in [2.24, 2.45) is 5.92 Å². The van der Waals surface area contributed by atoms with E-state index in [1.807, 2.05) is 5.32 Å². The van der Waals surface area contributed by atoms with Crippen molar-refractivity contribution in [1.82, 2.24) is 10.6 Å². The molecule has 11 heteroatoms. The summed E-state index contributed by atoms with van der Waals surface area (Å²) < 4.78 is 80.9. The normalized spacial score (nSPS) is 12.0. The predicted octanol–water partition coefficient (Wildman–Crippen LogP) is 3.58. The molecule has 0 aromatic heterocycles. The van der Waals surface area contributed by atoms with Crippen LogP contribution in [0.1, 0.15) is 25.0 Å². The summed E-state index contributed by atoms with van der Waals surface area (Å²) in [6, 6.07) is -0.248. The van der Waals surface area contributed by atoms with Crippen molar-refractivity contribution in [1.29, 1.82) is 0 Å².